The molecule has 0 bridgehead atoms. The van der Waals surface area contributed by atoms with Crippen molar-refractivity contribution in [1.29, 1.82) is 0 Å². The minimum atomic E-state index is -0.472. The molecule has 0 radical (unpaired) electrons. The van der Waals surface area contributed by atoms with Crippen molar-refractivity contribution >= 4 is 34.9 Å². The van der Waals surface area contributed by atoms with Gasteiger partial charge in [-0.2, -0.15) is 15.0 Å². The van der Waals surface area contributed by atoms with Crippen LogP contribution in [0.5, 0.6) is 0 Å². The van der Waals surface area contributed by atoms with Gasteiger partial charge in [0.2, 0.25) is 17.2 Å². The third kappa shape index (κ3) is 5.60. The van der Waals surface area contributed by atoms with E-state index in [1.54, 1.807) is 12.1 Å². The molecule has 0 aliphatic rings. The van der Waals surface area contributed by atoms with Gasteiger partial charge < -0.3 is 16.0 Å². The largest absolute Gasteiger partial charge is 0.353 e. The van der Waals surface area contributed by atoms with E-state index in [9.17, 15) is 10.1 Å². The highest BCUT2D eigenvalue weighted by Crippen LogP contribution is 2.20. The van der Waals surface area contributed by atoms with Crippen molar-refractivity contribution in [2.24, 2.45) is 0 Å². The Morgan fingerprint density at radius 3 is 2.67 bits per heavy atom. The van der Waals surface area contributed by atoms with Crippen molar-refractivity contribution in [1.82, 2.24) is 20.3 Å². The number of rotatable bonds is 8. The molecule has 0 atom stereocenters. The first-order valence-electron chi connectivity index (χ1n) is 7.34. The number of benzene rings is 1. The van der Waals surface area contributed by atoms with Gasteiger partial charge in [0.05, 0.1) is 4.92 Å². The van der Waals surface area contributed by atoms with Crippen molar-refractivity contribution < 1.29 is 4.92 Å². The van der Waals surface area contributed by atoms with Crippen LogP contribution in [0.25, 0.3) is 0 Å². The van der Waals surface area contributed by atoms with Gasteiger partial charge in [0.25, 0.3) is 5.69 Å². The average molecular weight is 352 g/mol. The molecule has 24 heavy (non-hydrogen) atoms. The number of nitrogens with one attached hydrogen (secondary N) is 3. The molecule has 1 aromatic heterocycles. The summed E-state index contributed by atoms with van der Waals surface area (Å²) in [5, 5.41) is 20.0. The Labute approximate surface area is 144 Å². The van der Waals surface area contributed by atoms with Crippen molar-refractivity contribution in [3.8, 4) is 0 Å². The van der Waals surface area contributed by atoms with Crippen LogP contribution in [-0.2, 0) is 0 Å². The molecule has 9 nitrogen and oxygen atoms in total. The molecule has 0 amide bonds. The summed E-state index contributed by atoms with van der Waals surface area (Å²) in [4.78, 5) is 22.5. The minimum Gasteiger partial charge on any atom is -0.353 e. The van der Waals surface area contributed by atoms with Crippen LogP contribution in [0.3, 0.4) is 0 Å². The summed E-state index contributed by atoms with van der Waals surface area (Å²) in [5.74, 6) is 0.531. The van der Waals surface area contributed by atoms with Crippen LogP contribution in [0, 0.1) is 10.1 Å². The SMILES string of the molecule is CC(C)NCCNc1nc(Cl)nc(Nc2cccc([N+](=O)[O-])c2)n1. The third-order valence-corrected chi connectivity index (χ3v) is 3.05. The molecule has 2 aromatic rings. The number of non-ortho nitro benzene ring substituents is 1. The molecule has 2 rings (SSSR count). The molecular weight excluding hydrogens is 334 g/mol. The third-order valence-electron chi connectivity index (χ3n) is 2.88. The van der Waals surface area contributed by atoms with Crippen LogP contribution >= 0.6 is 11.6 Å². The Morgan fingerprint density at radius 2 is 1.96 bits per heavy atom. The van der Waals surface area contributed by atoms with Crippen LogP contribution in [0.15, 0.2) is 24.3 Å². The second kappa shape index (κ2) is 8.37. The van der Waals surface area contributed by atoms with E-state index in [2.05, 4.69) is 44.7 Å². The molecule has 1 heterocycles. The first-order valence-corrected chi connectivity index (χ1v) is 7.72. The highest BCUT2D eigenvalue weighted by Gasteiger charge is 2.09. The van der Waals surface area contributed by atoms with Gasteiger partial charge in [0.1, 0.15) is 0 Å². The van der Waals surface area contributed by atoms with E-state index in [1.165, 1.54) is 12.1 Å². The predicted octanol–water partition coefficient (Wildman–Crippen LogP) is 2.59. The fraction of sp³-hybridized carbons (Fsp3) is 0.357. The van der Waals surface area contributed by atoms with Gasteiger partial charge in [-0.3, -0.25) is 10.1 Å². The summed E-state index contributed by atoms with van der Waals surface area (Å²) in [6.45, 7) is 5.48. The monoisotopic (exact) mass is 351 g/mol. The highest BCUT2D eigenvalue weighted by molar-refractivity contribution is 6.28. The Morgan fingerprint density at radius 1 is 1.21 bits per heavy atom. The second-order valence-corrected chi connectivity index (χ2v) is 5.56. The average Bonchev–Trinajstić information content (AvgIpc) is 2.51. The first-order chi connectivity index (χ1) is 11.4. The van der Waals surface area contributed by atoms with Crippen LogP contribution in [0.2, 0.25) is 5.28 Å². The number of halogens is 1. The van der Waals surface area contributed by atoms with Crippen molar-refractivity contribution in [3.63, 3.8) is 0 Å². The van der Waals surface area contributed by atoms with Crippen molar-refractivity contribution in [3.05, 3.63) is 39.7 Å². The Kier molecular flexibility index (Phi) is 6.21. The summed E-state index contributed by atoms with van der Waals surface area (Å²) in [5.41, 5.74) is 0.456. The normalized spacial score (nSPS) is 10.7. The lowest BCUT2D eigenvalue weighted by Crippen LogP contribution is -2.28. The summed E-state index contributed by atoms with van der Waals surface area (Å²) >= 11 is 5.90. The van der Waals surface area contributed by atoms with Gasteiger partial charge in [-0.1, -0.05) is 19.9 Å². The second-order valence-electron chi connectivity index (χ2n) is 5.22. The van der Waals surface area contributed by atoms with Crippen LogP contribution in [0.4, 0.5) is 23.3 Å². The van der Waals surface area contributed by atoms with Gasteiger partial charge in [-0.05, 0) is 17.7 Å². The Balaban J connectivity index is 2.05. The van der Waals surface area contributed by atoms with E-state index in [4.69, 9.17) is 11.6 Å². The molecular formula is C14H18ClN7O2. The molecule has 0 saturated heterocycles. The van der Waals surface area contributed by atoms with E-state index in [-0.39, 0.29) is 16.9 Å². The van der Waals surface area contributed by atoms with Gasteiger partial charge in [0.15, 0.2) is 0 Å². The topological polar surface area (TPSA) is 118 Å². The predicted molar refractivity (Wildman–Crippen MR) is 92.8 cm³/mol. The summed E-state index contributed by atoms with van der Waals surface area (Å²) in [6, 6.07) is 6.42. The molecule has 128 valence electrons. The maximum Gasteiger partial charge on any atom is 0.271 e. The quantitative estimate of drug-likeness (QED) is 0.377. The van der Waals surface area contributed by atoms with E-state index >= 15 is 0 Å². The fourth-order valence-corrected chi connectivity index (χ4v) is 2.01. The maximum absolute atomic E-state index is 10.8. The summed E-state index contributed by atoms with van der Waals surface area (Å²) in [6.07, 6.45) is 0. The fourth-order valence-electron chi connectivity index (χ4n) is 1.85. The minimum absolute atomic E-state index is 0.0252. The van der Waals surface area contributed by atoms with E-state index in [0.29, 0.717) is 24.2 Å². The van der Waals surface area contributed by atoms with E-state index in [1.807, 2.05) is 0 Å². The van der Waals surface area contributed by atoms with Crippen LogP contribution in [0.1, 0.15) is 13.8 Å². The summed E-state index contributed by atoms with van der Waals surface area (Å²) in [7, 11) is 0. The van der Waals surface area contributed by atoms with Crippen LogP contribution in [-0.4, -0.2) is 39.0 Å². The number of hydrogen-bond acceptors (Lipinski definition) is 8. The molecule has 0 unspecified atom stereocenters. The molecule has 0 aliphatic heterocycles. The zero-order valence-corrected chi connectivity index (χ0v) is 14.0. The number of nitrogens with zero attached hydrogens (tertiary/aromatic N) is 4. The van der Waals surface area contributed by atoms with Crippen LogP contribution < -0.4 is 16.0 Å². The maximum atomic E-state index is 10.8. The van der Waals surface area contributed by atoms with Gasteiger partial charge >= 0.3 is 0 Å². The molecule has 3 N–H and O–H groups in total. The number of anilines is 3. The number of aromatic nitrogens is 3. The number of nitro benzene ring substituents is 1. The molecule has 1 aromatic carbocycles. The number of hydrogen-bond donors (Lipinski definition) is 3. The Hall–Kier alpha value is -2.52. The lowest BCUT2D eigenvalue weighted by Gasteiger charge is -2.10. The number of nitro groups is 1. The van der Waals surface area contributed by atoms with Crippen molar-refractivity contribution in [2.45, 2.75) is 19.9 Å². The smallest absolute Gasteiger partial charge is 0.271 e. The van der Waals surface area contributed by atoms with Crippen molar-refractivity contribution in [2.75, 3.05) is 23.7 Å². The Bertz CT molecular complexity index is 711. The molecule has 0 fully saturated rings. The molecule has 0 spiro atoms. The summed E-state index contributed by atoms with van der Waals surface area (Å²) < 4.78 is 0. The highest BCUT2D eigenvalue weighted by atomic mass is 35.5. The zero-order chi connectivity index (χ0) is 17.5. The van der Waals surface area contributed by atoms with Gasteiger partial charge in [-0.25, -0.2) is 0 Å². The molecule has 10 heteroatoms. The lowest BCUT2D eigenvalue weighted by atomic mass is 10.3. The molecule has 0 aliphatic carbocycles. The van der Waals surface area contributed by atoms with E-state index < -0.39 is 4.92 Å². The zero-order valence-electron chi connectivity index (χ0n) is 13.3. The van der Waals surface area contributed by atoms with Gasteiger partial charge in [0, 0.05) is 37.0 Å². The van der Waals surface area contributed by atoms with Gasteiger partial charge in [-0.15, -0.1) is 0 Å². The van der Waals surface area contributed by atoms with E-state index in [0.717, 1.165) is 6.54 Å². The molecule has 0 saturated carbocycles. The first kappa shape index (κ1) is 17.8. The lowest BCUT2D eigenvalue weighted by molar-refractivity contribution is -0.384. The standard InChI is InChI=1S/C14H18ClN7O2/c1-9(2)16-6-7-17-13-19-12(15)20-14(21-13)18-10-4-3-5-11(8-10)22(23)24/h3-5,8-9,16H,6-7H2,1-2H3,(H2,17,18,19,20,21).